The fourth-order valence-corrected chi connectivity index (χ4v) is 2.34. The minimum Gasteiger partial charge on any atom is -0.300 e. The highest BCUT2D eigenvalue weighted by Gasteiger charge is 2.35. The van der Waals surface area contributed by atoms with Gasteiger partial charge >= 0.3 is 0 Å². The SMILES string of the molecule is Cn1cc(CN2C(=O)C(=O)c3cc(Cl)ccc32)cn1. The lowest BCUT2D eigenvalue weighted by Gasteiger charge is -2.15. The molecule has 1 amide bonds. The molecule has 2 aromatic rings. The Bertz CT molecular complexity index is 693. The van der Waals surface area contributed by atoms with E-state index in [0.29, 0.717) is 22.8 Å². The smallest absolute Gasteiger partial charge is 0.299 e. The van der Waals surface area contributed by atoms with Gasteiger partial charge in [0.25, 0.3) is 11.7 Å². The molecule has 5 nitrogen and oxygen atoms in total. The Hall–Kier alpha value is -2.14. The molecule has 3 rings (SSSR count). The molecular formula is C13H10ClN3O2. The van der Waals surface area contributed by atoms with Gasteiger partial charge in [-0.1, -0.05) is 11.6 Å². The van der Waals surface area contributed by atoms with Crippen LogP contribution in [0.1, 0.15) is 15.9 Å². The molecule has 1 aromatic carbocycles. The molecule has 96 valence electrons. The fraction of sp³-hybridized carbons (Fsp3) is 0.154. The van der Waals surface area contributed by atoms with Crippen LogP contribution in [0.5, 0.6) is 0 Å². The summed E-state index contributed by atoms with van der Waals surface area (Å²) in [5, 5.41) is 4.49. The largest absolute Gasteiger partial charge is 0.300 e. The van der Waals surface area contributed by atoms with Crippen molar-refractivity contribution in [1.29, 1.82) is 0 Å². The van der Waals surface area contributed by atoms with E-state index in [-0.39, 0.29) is 0 Å². The number of nitrogens with zero attached hydrogens (tertiary/aromatic N) is 3. The first-order valence-corrected chi connectivity index (χ1v) is 6.07. The zero-order chi connectivity index (χ0) is 13.6. The van der Waals surface area contributed by atoms with E-state index >= 15 is 0 Å². The summed E-state index contributed by atoms with van der Waals surface area (Å²) in [4.78, 5) is 25.3. The number of anilines is 1. The number of carbonyl (C=O) groups excluding carboxylic acids is 2. The molecule has 0 atom stereocenters. The van der Waals surface area contributed by atoms with Gasteiger partial charge in [0, 0.05) is 23.8 Å². The van der Waals surface area contributed by atoms with Crippen LogP contribution in [0.4, 0.5) is 5.69 Å². The Kier molecular flexibility index (Phi) is 2.64. The van der Waals surface area contributed by atoms with Crippen molar-refractivity contribution in [3.05, 3.63) is 46.7 Å². The molecule has 19 heavy (non-hydrogen) atoms. The van der Waals surface area contributed by atoms with Gasteiger partial charge in [0.05, 0.1) is 24.0 Å². The summed E-state index contributed by atoms with van der Waals surface area (Å²) in [7, 11) is 1.80. The van der Waals surface area contributed by atoms with Crippen molar-refractivity contribution in [2.24, 2.45) is 7.05 Å². The van der Waals surface area contributed by atoms with Crippen LogP contribution in [0.2, 0.25) is 5.02 Å². The molecule has 0 N–H and O–H groups in total. The van der Waals surface area contributed by atoms with E-state index in [1.54, 1.807) is 30.1 Å². The first-order chi connectivity index (χ1) is 9.06. The number of aromatic nitrogens is 2. The van der Waals surface area contributed by atoms with Crippen LogP contribution in [0.15, 0.2) is 30.6 Å². The van der Waals surface area contributed by atoms with Crippen molar-refractivity contribution < 1.29 is 9.59 Å². The predicted molar refractivity (Wildman–Crippen MR) is 70.2 cm³/mol. The number of Topliss-reactive ketones (excluding diaryl/α,β-unsaturated/α-hetero) is 1. The summed E-state index contributed by atoms with van der Waals surface area (Å²) in [5.74, 6) is -1.04. The van der Waals surface area contributed by atoms with E-state index in [2.05, 4.69) is 5.10 Å². The summed E-state index contributed by atoms with van der Waals surface area (Å²) < 4.78 is 1.65. The molecule has 1 aliphatic heterocycles. The molecule has 0 fully saturated rings. The number of hydrogen-bond acceptors (Lipinski definition) is 3. The van der Waals surface area contributed by atoms with Crippen molar-refractivity contribution in [3.63, 3.8) is 0 Å². The zero-order valence-electron chi connectivity index (χ0n) is 10.1. The minimum absolute atomic E-state index is 0.326. The van der Waals surface area contributed by atoms with Crippen molar-refractivity contribution in [3.8, 4) is 0 Å². The molecule has 0 radical (unpaired) electrons. The van der Waals surface area contributed by atoms with E-state index in [1.165, 1.54) is 11.0 Å². The van der Waals surface area contributed by atoms with Gasteiger partial charge in [0.15, 0.2) is 0 Å². The monoisotopic (exact) mass is 275 g/mol. The van der Waals surface area contributed by atoms with Crippen LogP contribution < -0.4 is 4.90 Å². The second-order valence-corrected chi connectivity index (χ2v) is 4.84. The number of amides is 1. The van der Waals surface area contributed by atoms with Gasteiger partial charge in [-0.05, 0) is 18.2 Å². The van der Waals surface area contributed by atoms with Crippen LogP contribution in [0, 0.1) is 0 Å². The highest BCUT2D eigenvalue weighted by atomic mass is 35.5. The van der Waals surface area contributed by atoms with Crippen LogP contribution in [0.25, 0.3) is 0 Å². The molecule has 0 saturated carbocycles. The van der Waals surface area contributed by atoms with Gasteiger partial charge in [-0.2, -0.15) is 5.10 Å². The quantitative estimate of drug-likeness (QED) is 0.786. The van der Waals surface area contributed by atoms with Gasteiger partial charge < -0.3 is 4.90 Å². The Morgan fingerprint density at radius 1 is 1.32 bits per heavy atom. The normalized spacial score (nSPS) is 14.1. The molecule has 6 heteroatoms. The average Bonchev–Trinajstić information content (AvgIpc) is 2.88. The van der Waals surface area contributed by atoms with Gasteiger partial charge in [-0.15, -0.1) is 0 Å². The number of ketones is 1. The first kappa shape index (κ1) is 11.9. The molecule has 1 aliphatic rings. The second kappa shape index (κ2) is 4.20. The Balaban J connectivity index is 1.99. The first-order valence-electron chi connectivity index (χ1n) is 5.69. The van der Waals surface area contributed by atoms with Crippen LogP contribution in [-0.2, 0) is 18.4 Å². The third kappa shape index (κ3) is 1.92. The van der Waals surface area contributed by atoms with Crippen molar-refractivity contribution >= 4 is 29.0 Å². The summed E-state index contributed by atoms with van der Waals surface area (Å²) in [6, 6.07) is 4.89. The number of halogens is 1. The fourth-order valence-electron chi connectivity index (χ4n) is 2.17. The summed E-state index contributed by atoms with van der Waals surface area (Å²) in [5.41, 5.74) is 1.83. The maximum Gasteiger partial charge on any atom is 0.299 e. The van der Waals surface area contributed by atoms with E-state index in [4.69, 9.17) is 11.6 Å². The molecule has 1 aromatic heterocycles. The third-order valence-electron chi connectivity index (χ3n) is 3.03. The van der Waals surface area contributed by atoms with Crippen LogP contribution in [0.3, 0.4) is 0 Å². The Labute approximate surface area is 114 Å². The second-order valence-electron chi connectivity index (χ2n) is 4.40. The number of rotatable bonds is 2. The zero-order valence-corrected chi connectivity index (χ0v) is 10.9. The molecule has 0 saturated heterocycles. The average molecular weight is 276 g/mol. The van der Waals surface area contributed by atoms with Gasteiger partial charge in [-0.3, -0.25) is 14.3 Å². The summed E-state index contributed by atoms with van der Waals surface area (Å²) in [6.45, 7) is 0.326. The molecular weight excluding hydrogens is 266 g/mol. The van der Waals surface area contributed by atoms with Crippen LogP contribution >= 0.6 is 11.6 Å². The number of aryl methyl sites for hydroxylation is 1. The number of fused-ring (bicyclic) bond motifs is 1. The highest BCUT2D eigenvalue weighted by molar-refractivity contribution is 6.52. The predicted octanol–water partition coefficient (Wildman–Crippen LogP) is 1.80. The molecule has 0 unspecified atom stereocenters. The Morgan fingerprint density at radius 2 is 2.11 bits per heavy atom. The molecule has 0 bridgehead atoms. The topological polar surface area (TPSA) is 55.2 Å². The lowest BCUT2D eigenvalue weighted by molar-refractivity contribution is -0.114. The molecule has 0 aliphatic carbocycles. The maximum absolute atomic E-state index is 12.0. The lowest BCUT2D eigenvalue weighted by Crippen LogP contribution is -2.28. The van der Waals surface area contributed by atoms with Crippen LogP contribution in [-0.4, -0.2) is 21.5 Å². The minimum atomic E-state index is -0.527. The van der Waals surface area contributed by atoms with Gasteiger partial charge in [0.2, 0.25) is 0 Å². The van der Waals surface area contributed by atoms with Gasteiger partial charge in [0.1, 0.15) is 0 Å². The van der Waals surface area contributed by atoms with Gasteiger partial charge in [-0.25, -0.2) is 0 Å². The van der Waals surface area contributed by atoms with E-state index in [0.717, 1.165) is 5.56 Å². The van der Waals surface area contributed by atoms with E-state index in [9.17, 15) is 9.59 Å². The number of hydrogen-bond donors (Lipinski definition) is 0. The summed E-state index contributed by atoms with van der Waals surface area (Å²) in [6.07, 6.45) is 3.48. The lowest BCUT2D eigenvalue weighted by atomic mass is 10.1. The van der Waals surface area contributed by atoms with E-state index < -0.39 is 11.7 Å². The molecule has 0 spiro atoms. The van der Waals surface area contributed by atoms with E-state index in [1.807, 2.05) is 6.20 Å². The summed E-state index contributed by atoms with van der Waals surface area (Å²) >= 11 is 5.85. The Morgan fingerprint density at radius 3 is 2.79 bits per heavy atom. The standard InChI is InChI=1S/C13H10ClN3O2/c1-16-6-8(5-15-16)7-17-11-3-2-9(14)4-10(11)12(18)13(17)19/h2-6H,7H2,1H3. The third-order valence-corrected chi connectivity index (χ3v) is 3.27. The number of carbonyl (C=O) groups is 2. The highest BCUT2D eigenvalue weighted by Crippen LogP contribution is 2.32. The maximum atomic E-state index is 12.0. The molecule has 2 heterocycles. The van der Waals surface area contributed by atoms with Crippen molar-refractivity contribution in [1.82, 2.24) is 9.78 Å². The number of benzene rings is 1. The van der Waals surface area contributed by atoms with Crippen molar-refractivity contribution in [2.45, 2.75) is 6.54 Å². The van der Waals surface area contributed by atoms with Crippen molar-refractivity contribution in [2.75, 3.05) is 4.90 Å².